The number of halogens is 1. The zero-order valence-corrected chi connectivity index (χ0v) is 5.83. The topological polar surface area (TPSA) is 33.1 Å². The summed E-state index contributed by atoms with van der Waals surface area (Å²) in [5.41, 5.74) is 0. The lowest BCUT2D eigenvalue weighted by atomic mass is 10.5. The van der Waals surface area contributed by atoms with Crippen LogP contribution in [0, 0.1) is 5.41 Å². The van der Waals surface area contributed by atoms with Gasteiger partial charge in [-0.15, -0.1) is 11.6 Å². The first-order valence-electron chi connectivity index (χ1n) is 2.53. The molecule has 0 bridgehead atoms. The largest absolute Gasteiger partial charge is 0.480 e. The Morgan fingerprint density at radius 1 is 1.88 bits per heavy atom. The third-order valence-electron chi connectivity index (χ3n) is 0.661. The van der Waals surface area contributed by atoms with Crippen molar-refractivity contribution in [2.24, 2.45) is 0 Å². The van der Waals surface area contributed by atoms with Crippen molar-refractivity contribution in [3.63, 3.8) is 0 Å². The second kappa shape index (κ2) is 3.72. The number of nitrogens with one attached hydrogen (secondary N) is 1. The molecule has 1 N–H and O–H groups in total. The Bertz CT molecular complexity index is 82.5. The van der Waals surface area contributed by atoms with Crippen LogP contribution in [0.15, 0.2) is 0 Å². The minimum atomic E-state index is -0.296. The molecule has 8 heavy (non-hydrogen) atoms. The molecule has 0 fully saturated rings. The van der Waals surface area contributed by atoms with Crippen molar-refractivity contribution in [2.45, 2.75) is 19.2 Å². The highest BCUT2D eigenvalue weighted by Crippen LogP contribution is 1.95. The van der Waals surface area contributed by atoms with Crippen molar-refractivity contribution in [2.75, 3.05) is 6.61 Å². The molecule has 0 spiro atoms. The van der Waals surface area contributed by atoms with Gasteiger partial charge in [0, 0.05) is 0 Å². The van der Waals surface area contributed by atoms with Gasteiger partial charge in [0.05, 0.1) is 6.61 Å². The first-order chi connectivity index (χ1) is 3.68. The van der Waals surface area contributed by atoms with Gasteiger partial charge in [0.25, 0.3) is 0 Å². The molecule has 0 aromatic rings. The van der Waals surface area contributed by atoms with Crippen molar-refractivity contribution in [3.05, 3.63) is 0 Å². The summed E-state index contributed by atoms with van der Waals surface area (Å²) in [5, 5.41) is 6.69. The quantitative estimate of drug-likeness (QED) is 0.349. The highest BCUT2D eigenvalue weighted by Gasteiger charge is 2.02. The van der Waals surface area contributed by atoms with Gasteiger partial charge < -0.3 is 4.74 Å². The van der Waals surface area contributed by atoms with Crippen molar-refractivity contribution in [3.8, 4) is 0 Å². The summed E-state index contributed by atoms with van der Waals surface area (Å²) in [6.45, 7) is 4.06. The monoisotopic (exact) mass is 135 g/mol. The molecule has 0 saturated carbocycles. The van der Waals surface area contributed by atoms with E-state index < -0.39 is 0 Å². The van der Waals surface area contributed by atoms with Crippen molar-refractivity contribution in [1.82, 2.24) is 0 Å². The van der Waals surface area contributed by atoms with E-state index in [1.54, 1.807) is 6.92 Å². The molecule has 0 amide bonds. The van der Waals surface area contributed by atoms with E-state index in [4.69, 9.17) is 21.7 Å². The van der Waals surface area contributed by atoms with Gasteiger partial charge >= 0.3 is 0 Å². The van der Waals surface area contributed by atoms with Crippen LogP contribution in [0.2, 0.25) is 0 Å². The standard InChI is InChI=1S/C5H10ClNO/c1-3-8-5(7)4(2)6/h4,7H,3H2,1-2H3. The SMILES string of the molecule is CCOC(=N)C(C)Cl. The molecular weight excluding hydrogens is 126 g/mol. The van der Waals surface area contributed by atoms with Gasteiger partial charge in [-0.3, -0.25) is 5.41 Å². The number of alkyl halides is 1. The summed E-state index contributed by atoms with van der Waals surface area (Å²) in [7, 11) is 0. The van der Waals surface area contributed by atoms with Gasteiger partial charge in [0.2, 0.25) is 0 Å². The average Bonchev–Trinajstić information content (AvgIpc) is 1.67. The molecular formula is C5H10ClNO. The molecule has 0 aliphatic carbocycles. The summed E-state index contributed by atoms with van der Waals surface area (Å²) in [4.78, 5) is 0. The summed E-state index contributed by atoms with van der Waals surface area (Å²) < 4.78 is 4.75. The van der Waals surface area contributed by atoms with Crippen LogP contribution in [-0.2, 0) is 4.74 Å². The highest BCUT2D eigenvalue weighted by molar-refractivity contribution is 6.29. The minimum absolute atomic E-state index is 0.147. The second-order valence-electron chi connectivity index (χ2n) is 1.41. The van der Waals surface area contributed by atoms with E-state index in [0.29, 0.717) is 6.61 Å². The van der Waals surface area contributed by atoms with Crippen LogP contribution in [0.4, 0.5) is 0 Å². The fourth-order valence-corrected chi connectivity index (χ4v) is 0.333. The summed E-state index contributed by atoms with van der Waals surface area (Å²) >= 11 is 5.46. The maximum atomic E-state index is 6.99. The third-order valence-corrected chi connectivity index (χ3v) is 0.859. The van der Waals surface area contributed by atoms with Crippen LogP contribution >= 0.6 is 11.6 Å². The van der Waals surface area contributed by atoms with E-state index in [1.165, 1.54) is 0 Å². The molecule has 2 nitrogen and oxygen atoms in total. The second-order valence-corrected chi connectivity index (χ2v) is 2.07. The number of ether oxygens (including phenoxy) is 1. The van der Waals surface area contributed by atoms with E-state index in [-0.39, 0.29) is 11.3 Å². The van der Waals surface area contributed by atoms with Crippen molar-refractivity contribution >= 4 is 17.5 Å². The lowest BCUT2D eigenvalue weighted by Crippen LogP contribution is -2.12. The normalized spacial score (nSPS) is 12.9. The molecule has 0 aromatic heterocycles. The lowest BCUT2D eigenvalue weighted by molar-refractivity contribution is 0.316. The van der Waals surface area contributed by atoms with E-state index in [0.717, 1.165) is 0 Å². The molecule has 0 aromatic carbocycles. The average molecular weight is 136 g/mol. The summed E-state index contributed by atoms with van der Waals surface area (Å²) in [6.07, 6.45) is 0. The minimum Gasteiger partial charge on any atom is -0.480 e. The van der Waals surface area contributed by atoms with Gasteiger partial charge in [0.15, 0.2) is 5.90 Å². The van der Waals surface area contributed by atoms with E-state index in [1.807, 2.05) is 6.92 Å². The predicted octanol–water partition coefficient (Wildman–Crippen LogP) is 1.63. The summed E-state index contributed by atoms with van der Waals surface area (Å²) in [5.74, 6) is 0.147. The molecule has 0 heterocycles. The van der Waals surface area contributed by atoms with Gasteiger partial charge in [-0.2, -0.15) is 0 Å². The first-order valence-corrected chi connectivity index (χ1v) is 2.97. The van der Waals surface area contributed by atoms with Gasteiger partial charge in [-0.25, -0.2) is 0 Å². The summed E-state index contributed by atoms with van der Waals surface area (Å²) in [6, 6.07) is 0. The Morgan fingerprint density at radius 3 is 2.50 bits per heavy atom. The van der Waals surface area contributed by atoms with E-state index >= 15 is 0 Å². The molecule has 0 saturated heterocycles. The molecule has 0 aliphatic heterocycles. The van der Waals surface area contributed by atoms with Crippen molar-refractivity contribution < 1.29 is 4.74 Å². The van der Waals surface area contributed by atoms with Gasteiger partial charge in [0.1, 0.15) is 5.38 Å². The van der Waals surface area contributed by atoms with Crippen LogP contribution in [0.1, 0.15) is 13.8 Å². The van der Waals surface area contributed by atoms with Crippen LogP contribution in [0.25, 0.3) is 0 Å². The molecule has 0 aliphatic rings. The van der Waals surface area contributed by atoms with Gasteiger partial charge in [-0.1, -0.05) is 0 Å². The Balaban J connectivity index is 3.33. The van der Waals surface area contributed by atoms with Crippen LogP contribution in [-0.4, -0.2) is 17.9 Å². The fourth-order valence-electron chi connectivity index (χ4n) is 0.270. The van der Waals surface area contributed by atoms with Crippen LogP contribution < -0.4 is 0 Å². The van der Waals surface area contributed by atoms with E-state index in [2.05, 4.69) is 0 Å². The molecule has 1 atom stereocenters. The zero-order chi connectivity index (χ0) is 6.57. The van der Waals surface area contributed by atoms with E-state index in [9.17, 15) is 0 Å². The number of hydrogen-bond acceptors (Lipinski definition) is 2. The maximum absolute atomic E-state index is 6.99. The Kier molecular flexibility index (Phi) is 3.61. The lowest BCUT2D eigenvalue weighted by Gasteiger charge is -2.04. The first kappa shape index (κ1) is 7.76. The molecule has 1 unspecified atom stereocenters. The third kappa shape index (κ3) is 2.86. The maximum Gasteiger partial charge on any atom is 0.198 e. The molecule has 0 radical (unpaired) electrons. The zero-order valence-electron chi connectivity index (χ0n) is 5.07. The molecule has 3 heteroatoms. The van der Waals surface area contributed by atoms with Gasteiger partial charge in [-0.05, 0) is 13.8 Å². The number of rotatable bonds is 2. The Labute approximate surface area is 54.3 Å². The smallest absolute Gasteiger partial charge is 0.198 e. The Hall–Kier alpha value is -0.240. The fraction of sp³-hybridized carbons (Fsp3) is 0.800. The molecule has 48 valence electrons. The molecule has 0 rings (SSSR count). The highest BCUT2D eigenvalue weighted by atomic mass is 35.5. The van der Waals surface area contributed by atoms with Crippen LogP contribution in [0.3, 0.4) is 0 Å². The number of hydrogen-bond donors (Lipinski definition) is 1. The van der Waals surface area contributed by atoms with Crippen LogP contribution in [0.5, 0.6) is 0 Å². The van der Waals surface area contributed by atoms with Crippen molar-refractivity contribution in [1.29, 1.82) is 5.41 Å². The Morgan fingerprint density at radius 2 is 2.38 bits per heavy atom. The predicted molar refractivity (Wildman–Crippen MR) is 34.7 cm³/mol.